The monoisotopic (exact) mass is 302 g/mol. The second kappa shape index (κ2) is 9.33. The van der Waals surface area contributed by atoms with Gasteiger partial charge in [0.1, 0.15) is 0 Å². The molecule has 0 aromatic carbocycles. The van der Waals surface area contributed by atoms with Crippen LogP contribution in [-0.2, 0) is 19.1 Å². The number of ether oxygens (including phenoxy) is 1. The van der Waals surface area contributed by atoms with Gasteiger partial charge in [-0.15, -0.1) is 0 Å². The van der Waals surface area contributed by atoms with Crippen LogP contribution in [0.2, 0.25) is 0 Å². The fraction of sp³-hybridized carbons (Fsp3) is 0.786. The fourth-order valence-electron chi connectivity index (χ4n) is 1.85. The summed E-state index contributed by atoms with van der Waals surface area (Å²) in [5.41, 5.74) is -1.000. The Balaban J connectivity index is 4.26. The molecule has 122 valence electrons. The molecule has 1 atom stereocenters. The summed E-state index contributed by atoms with van der Waals surface area (Å²) in [5, 5.41) is 14.0. The van der Waals surface area contributed by atoms with E-state index in [1.165, 1.54) is 7.11 Å². The maximum atomic E-state index is 11.8. The first kappa shape index (κ1) is 19.4. The molecule has 3 N–H and O–H groups in total. The molecule has 0 radical (unpaired) electrons. The first-order chi connectivity index (χ1) is 9.68. The molecule has 0 aromatic rings. The maximum absolute atomic E-state index is 11.8. The quantitative estimate of drug-likeness (QED) is 0.546. The van der Waals surface area contributed by atoms with Crippen LogP contribution in [0.4, 0.5) is 0 Å². The molecular formula is C14H26N2O5. The highest BCUT2D eigenvalue weighted by Crippen LogP contribution is 2.10. The molecule has 1 unspecified atom stereocenters. The van der Waals surface area contributed by atoms with Crippen LogP contribution >= 0.6 is 0 Å². The van der Waals surface area contributed by atoms with E-state index in [9.17, 15) is 14.4 Å². The summed E-state index contributed by atoms with van der Waals surface area (Å²) in [6, 6.07) is 0. The molecule has 0 aromatic heterocycles. The van der Waals surface area contributed by atoms with Gasteiger partial charge in [-0.05, 0) is 19.3 Å². The van der Waals surface area contributed by atoms with Gasteiger partial charge >= 0.3 is 5.97 Å². The largest absolute Gasteiger partial charge is 0.481 e. The lowest BCUT2D eigenvalue weighted by molar-refractivity contribution is -0.140. The highest BCUT2D eigenvalue weighted by atomic mass is 16.5. The van der Waals surface area contributed by atoms with E-state index in [0.29, 0.717) is 12.3 Å². The summed E-state index contributed by atoms with van der Waals surface area (Å²) in [5.74, 6) is -1.24. The first-order valence-corrected chi connectivity index (χ1v) is 6.97. The SMILES string of the molecule is COCC(C)(CC(=O)O)NC(=O)CNC(=O)CCC(C)C. The lowest BCUT2D eigenvalue weighted by Crippen LogP contribution is -2.53. The maximum Gasteiger partial charge on any atom is 0.305 e. The highest BCUT2D eigenvalue weighted by Gasteiger charge is 2.29. The molecule has 0 heterocycles. The van der Waals surface area contributed by atoms with Crippen LogP contribution in [0.15, 0.2) is 0 Å². The zero-order valence-electron chi connectivity index (χ0n) is 13.2. The molecule has 7 heteroatoms. The number of hydrogen-bond acceptors (Lipinski definition) is 4. The van der Waals surface area contributed by atoms with Crippen LogP contribution in [-0.4, -0.2) is 48.7 Å². The second-order valence-electron chi connectivity index (χ2n) is 5.82. The summed E-state index contributed by atoms with van der Waals surface area (Å²) < 4.78 is 4.93. The normalized spacial score (nSPS) is 13.6. The minimum absolute atomic E-state index is 0.0757. The molecule has 0 spiro atoms. The van der Waals surface area contributed by atoms with Crippen LogP contribution < -0.4 is 10.6 Å². The summed E-state index contributed by atoms with van der Waals surface area (Å²) >= 11 is 0. The Morgan fingerprint density at radius 1 is 1.24 bits per heavy atom. The van der Waals surface area contributed by atoms with Crippen molar-refractivity contribution >= 4 is 17.8 Å². The zero-order chi connectivity index (χ0) is 16.5. The first-order valence-electron chi connectivity index (χ1n) is 6.97. The van der Waals surface area contributed by atoms with Gasteiger partial charge in [-0.1, -0.05) is 13.8 Å². The number of hydrogen-bond donors (Lipinski definition) is 3. The number of carboxylic acid groups (broad SMARTS) is 1. The second-order valence-corrected chi connectivity index (χ2v) is 5.82. The Bertz CT molecular complexity index is 370. The van der Waals surface area contributed by atoms with E-state index in [-0.39, 0.29) is 25.5 Å². The number of nitrogens with one attached hydrogen (secondary N) is 2. The zero-order valence-corrected chi connectivity index (χ0v) is 13.2. The van der Waals surface area contributed by atoms with Gasteiger partial charge in [-0.25, -0.2) is 0 Å². The number of aliphatic carboxylic acids is 1. The summed E-state index contributed by atoms with van der Waals surface area (Å²) in [6.07, 6.45) is 0.872. The third kappa shape index (κ3) is 9.84. The lowest BCUT2D eigenvalue weighted by Gasteiger charge is -2.28. The third-order valence-corrected chi connectivity index (χ3v) is 2.84. The van der Waals surface area contributed by atoms with Gasteiger partial charge in [0.25, 0.3) is 0 Å². The Morgan fingerprint density at radius 3 is 2.33 bits per heavy atom. The predicted molar refractivity (Wildman–Crippen MR) is 77.8 cm³/mol. The molecule has 0 rings (SSSR count). The van der Waals surface area contributed by atoms with E-state index in [0.717, 1.165) is 6.42 Å². The minimum Gasteiger partial charge on any atom is -0.481 e. The van der Waals surface area contributed by atoms with Crippen molar-refractivity contribution in [2.75, 3.05) is 20.3 Å². The molecule has 0 saturated carbocycles. The van der Waals surface area contributed by atoms with Gasteiger partial charge in [-0.2, -0.15) is 0 Å². The Kier molecular flexibility index (Phi) is 8.61. The van der Waals surface area contributed by atoms with Crippen molar-refractivity contribution in [3.63, 3.8) is 0 Å². The third-order valence-electron chi connectivity index (χ3n) is 2.84. The molecule has 7 nitrogen and oxygen atoms in total. The molecule has 0 bridgehead atoms. The molecule has 0 aliphatic heterocycles. The Morgan fingerprint density at radius 2 is 1.86 bits per heavy atom. The van der Waals surface area contributed by atoms with Crippen molar-refractivity contribution in [2.24, 2.45) is 5.92 Å². The van der Waals surface area contributed by atoms with E-state index < -0.39 is 17.4 Å². The summed E-state index contributed by atoms with van der Waals surface area (Å²) in [4.78, 5) is 34.1. The lowest BCUT2D eigenvalue weighted by atomic mass is 9.99. The topological polar surface area (TPSA) is 105 Å². The predicted octanol–water partition coefficient (Wildman–Crippen LogP) is 0.535. The van der Waals surface area contributed by atoms with Crippen LogP contribution in [0.1, 0.15) is 40.0 Å². The molecule has 0 aliphatic carbocycles. The molecule has 21 heavy (non-hydrogen) atoms. The van der Waals surface area contributed by atoms with Crippen LogP contribution in [0.5, 0.6) is 0 Å². The molecule has 0 fully saturated rings. The number of amides is 2. The average Bonchev–Trinajstić information content (AvgIpc) is 2.32. The molecule has 2 amide bonds. The van der Waals surface area contributed by atoms with Crippen molar-refractivity contribution < 1.29 is 24.2 Å². The van der Waals surface area contributed by atoms with E-state index in [4.69, 9.17) is 9.84 Å². The number of rotatable bonds is 10. The smallest absolute Gasteiger partial charge is 0.305 e. The summed E-state index contributed by atoms with van der Waals surface area (Å²) in [7, 11) is 1.43. The van der Waals surface area contributed by atoms with E-state index in [1.807, 2.05) is 13.8 Å². The summed E-state index contributed by atoms with van der Waals surface area (Å²) in [6.45, 7) is 5.52. The van der Waals surface area contributed by atoms with Crippen LogP contribution in [0, 0.1) is 5.92 Å². The van der Waals surface area contributed by atoms with Gasteiger partial charge in [0.05, 0.1) is 25.1 Å². The highest BCUT2D eigenvalue weighted by molar-refractivity contribution is 5.85. The minimum atomic E-state index is -1.03. The van der Waals surface area contributed by atoms with Crippen LogP contribution in [0.3, 0.4) is 0 Å². The Labute approximate surface area is 125 Å². The standard InChI is InChI=1S/C14H26N2O5/c1-10(2)5-6-11(17)15-8-12(18)16-14(3,9-21-4)7-13(19)20/h10H,5-9H2,1-4H3,(H,15,17)(H,16,18)(H,19,20). The van der Waals surface area contributed by atoms with Crippen molar-refractivity contribution in [3.8, 4) is 0 Å². The van der Waals surface area contributed by atoms with Crippen molar-refractivity contribution in [2.45, 2.75) is 45.6 Å². The van der Waals surface area contributed by atoms with Gasteiger partial charge in [0.2, 0.25) is 11.8 Å². The molecule has 0 saturated heterocycles. The van der Waals surface area contributed by atoms with Crippen LogP contribution in [0.25, 0.3) is 0 Å². The number of carbonyl (C=O) groups is 3. The number of carbonyl (C=O) groups excluding carboxylic acids is 2. The fourth-order valence-corrected chi connectivity index (χ4v) is 1.85. The Hall–Kier alpha value is -1.63. The van der Waals surface area contributed by atoms with Gasteiger partial charge in [-0.3, -0.25) is 14.4 Å². The number of methoxy groups -OCH3 is 1. The molecular weight excluding hydrogens is 276 g/mol. The van der Waals surface area contributed by atoms with E-state index >= 15 is 0 Å². The van der Waals surface area contributed by atoms with Gasteiger partial charge < -0.3 is 20.5 Å². The van der Waals surface area contributed by atoms with Crippen molar-refractivity contribution in [1.82, 2.24) is 10.6 Å². The van der Waals surface area contributed by atoms with Crippen molar-refractivity contribution in [1.29, 1.82) is 0 Å². The number of carboxylic acids is 1. The van der Waals surface area contributed by atoms with Gasteiger partial charge in [0, 0.05) is 13.5 Å². The van der Waals surface area contributed by atoms with Gasteiger partial charge in [0.15, 0.2) is 0 Å². The van der Waals surface area contributed by atoms with Crippen molar-refractivity contribution in [3.05, 3.63) is 0 Å². The van der Waals surface area contributed by atoms with E-state index in [1.54, 1.807) is 6.92 Å². The average molecular weight is 302 g/mol. The van der Waals surface area contributed by atoms with E-state index in [2.05, 4.69) is 10.6 Å². The molecule has 0 aliphatic rings.